The minimum atomic E-state index is -0.371. The Morgan fingerprint density at radius 3 is 2.70 bits per heavy atom. The van der Waals surface area contributed by atoms with Gasteiger partial charge in [0, 0.05) is 22.6 Å². The van der Waals surface area contributed by atoms with Crippen molar-refractivity contribution in [2.75, 3.05) is 0 Å². The Bertz CT molecular complexity index is 613. The number of hydrogen-bond donors (Lipinski definition) is 1. The molecule has 2 aromatic carbocycles. The van der Waals surface area contributed by atoms with E-state index in [4.69, 9.17) is 4.74 Å². The number of hydrogen-bond acceptors (Lipinski definition) is 2. The van der Waals surface area contributed by atoms with Crippen molar-refractivity contribution in [1.82, 2.24) is 5.32 Å². The van der Waals surface area contributed by atoms with Crippen LogP contribution < -0.4 is 10.1 Å². The second kappa shape index (κ2) is 5.94. The molecule has 4 heteroatoms. The zero-order valence-electron chi connectivity index (χ0n) is 10.9. The molecule has 0 unspecified atom stereocenters. The van der Waals surface area contributed by atoms with Crippen molar-refractivity contribution in [2.24, 2.45) is 0 Å². The van der Waals surface area contributed by atoms with Gasteiger partial charge >= 0.3 is 0 Å². The van der Waals surface area contributed by atoms with E-state index in [2.05, 4.69) is 21.2 Å². The Morgan fingerprint density at radius 1 is 1.15 bits per heavy atom. The van der Waals surface area contributed by atoms with Crippen LogP contribution in [0.4, 0.5) is 4.39 Å². The Balaban J connectivity index is 1.78. The molecule has 1 saturated carbocycles. The van der Waals surface area contributed by atoms with Crippen LogP contribution in [0.15, 0.2) is 46.9 Å². The molecule has 104 valence electrons. The van der Waals surface area contributed by atoms with Gasteiger partial charge in [0.15, 0.2) is 11.6 Å². The number of para-hydroxylation sites is 1. The van der Waals surface area contributed by atoms with E-state index < -0.39 is 0 Å². The molecule has 0 radical (unpaired) electrons. The monoisotopic (exact) mass is 335 g/mol. The molecular weight excluding hydrogens is 321 g/mol. The lowest BCUT2D eigenvalue weighted by atomic mass is 10.2. The lowest BCUT2D eigenvalue weighted by Gasteiger charge is -2.12. The fourth-order valence-corrected chi connectivity index (χ4v) is 2.30. The molecule has 20 heavy (non-hydrogen) atoms. The van der Waals surface area contributed by atoms with Gasteiger partial charge in [0.05, 0.1) is 0 Å². The standard InChI is InChI=1S/C16H15BrFNO/c17-12-5-8-16(14(18)9-12)20-15-4-2-1-3-11(15)10-19-13-6-7-13/h1-5,8-9,13,19H,6-7,10H2. The van der Waals surface area contributed by atoms with Gasteiger partial charge in [-0.2, -0.15) is 0 Å². The summed E-state index contributed by atoms with van der Waals surface area (Å²) in [6.07, 6.45) is 2.48. The van der Waals surface area contributed by atoms with Gasteiger partial charge in [-0.15, -0.1) is 0 Å². The van der Waals surface area contributed by atoms with E-state index in [9.17, 15) is 4.39 Å². The molecule has 0 atom stereocenters. The van der Waals surface area contributed by atoms with E-state index in [1.807, 2.05) is 24.3 Å². The number of halogens is 2. The van der Waals surface area contributed by atoms with Gasteiger partial charge in [-0.05, 0) is 37.1 Å². The molecule has 0 saturated heterocycles. The number of rotatable bonds is 5. The highest BCUT2D eigenvalue weighted by atomic mass is 79.9. The summed E-state index contributed by atoms with van der Waals surface area (Å²) in [5.74, 6) is 0.568. The molecular formula is C16H15BrFNO. The van der Waals surface area contributed by atoms with Crippen LogP contribution in [0, 0.1) is 5.82 Å². The first kappa shape index (κ1) is 13.6. The van der Waals surface area contributed by atoms with Gasteiger partial charge in [0.2, 0.25) is 0 Å². The molecule has 3 rings (SSSR count). The first-order valence-electron chi connectivity index (χ1n) is 6.66. The van der Waals surface area contributed by atoms with Crippen LogP contribution in [0.25, 0.3) is 0 Å². The zero-order chi connectivity index (χ0) is 13.9. The summed E-state index contributed by atoms with van der Waals surface area (Å²) in [6, 6.07) is 13.2. The second-order valence-corrected chi connectivity index (χ2v) is 5.86. The van der Waals surface area contributed by atoms with Gasteiger partial charge in [-0.1, -0.05) is 34.1 Å². The quantitative estimate of drug-likeness (QED) is 0.859. The maximum absolute atomic E-state index is 13.8. The molecule has 1 N–H and O–H groups in total. The topological polar surface area (TPSA) is 21.3 Å². The second-order valence-electron chi connectivity index (χ2n) is 4.94. The highest BCUT2D eigenvalue weighted by Gasteiger charge is 2.20. The lowest BCUT2D eigenvalue weighted by molar-refractivity contribution is 0.435. The Morgan fingerprint density at radius 2 is 1.95 bits per heavy atom. The van der Waals surface area contributed by atoms with E-state index >= 15 is 0 Å². The minimum absolute atomic E-state index is 0.243. The normalized spacial score (nSPS) is 14.3. The molecule has 1 aliphatic rings. The van der Waals surface area contributed by atoms with Crippen LogP contribution in [0.1, 0.15) is 18.4 Å². The molecule has 0 amide bonds. The molecule has 0 bridgehead atoms. The van der Waals surface area contributed by atoms with Crippen molar-refractivity contribution in [2.45, 2.75) is 25.4 Å². The zero-order valence-corrected chi connectivity index (χ0v) is 12.5. The number of ether oxygens (including phenoxy) is 1. The van der Waals surface area contributed by atoms with Crippen LogP contribution in [0.2, 0.25) is 0 Å². The molecule has 0 spiro atoms. The van der Waals surface area contributed by atoms with Crippen LogP contribution in [0.5, 0.6) is 11.5 Å². The van der Waals surface area contributed by atoms with Gasteiger partial charge in [0.25, 0.3) is 0 Å². The summed E-state index contributed by atoms with van der Waals surface area (Å²) in [5.41, 5.74) is 1.04. The van der Waals surface area contributed by atoms with Gasteiger partial charge < -0.3 is 10.1 Å². The molecule has 0 aliphatic heterocycles. The van der Waals surface area contributed by atoms with Crippen molar-refractivity contribution >= 4 is 15.9 Å². The van der Waals surface area contributed by atoms with Crippen molar-refractivity contribution < 1.29 is 9.13 Å². The molecule has 1 aliphatic carbocycles. The minimum Gasteiger partial charge on any atom is -0.454 e. The first-order chi connectivity index (χ1) is 9.72. The summed E-state index contributed by atoms with van der Waals surface area (Å²) < 4.78 is 20.2. The summed E-state index contributed by atoms with van der Waals surface area (Å²) in [5, 5.41) is 3.44. The Hall–Kier alpha value is -1.39. The SMILES string of the molecule is Fc1cc(Br)ccc1Oc1ccccc1CNC1CC1. The van der Waals surface area contributed by atoms with Gasteiger partial charge in [-0.3, -0.25) is 0 Å². The largest absolute Gasteiger partial charge is 0.454 e. The van der Waals surface area contributed by atoms with Crippen LogP contribution in [-0.4, -0.2) is 6.04 Å². The fourth-order valence-electron chi connectivity index (χ4n) is 1.97. The summed E-state index contributed by atoms with van der Waals surface area (Å²) >= 11 is 3.24. The number of benzene rings is 2. The maximum Gasteiger partial charge on any atom is 0.166 e. The predicted octanol–water partition coefficient (Wildman–Crippen LogP) is 4.63. The lowest BCUT2D eigenvalue weighted by Crippen LogP contribution is -2.15. The van der Waals surface area contributed by atoms with Crippen LogP contribution in [0.3, 0.4) is 0 Å². The summed E-state index contributed by atoms with van der Waals surface area (Å²) in [4.78, 5) is 0. The average molecular weight is 336 g/mol. The third-order valence-electron chi connectivity index (χ3n) is 3.24. The van der Waals surface area contributed by atoms with Crippen molar-refractivity contribution in [3.63, 3.8) is 0 Å². The van der Waals surface area contributed by atoms with Crippen molar-refractivity contribution in [1.29, 1.82) is 0 Å². The molecule has 2 nitrogen and oxygen atoms in total. The van der Waals surface area contributed by atoms with E-state index in [0.717, 1.165) is 12.1 Å². The van der Waals surface area contributed by atoms with Crippen LogP contribution >= 0.6 is 15.9 Å². The van der Waals surface area contributed by atoms with Gasteiger partial charge in [-0.25, -0.2) is 4.39 Å². The molecule has 0 aromatic heterocycles. The molecule has 2 aromatic rings. The third kappa shape index (κ3) is 3.38. The Labute approximate surface area is 126 Å². The molecule has 0 heterocycles. The van der Waals surface area contributed by atoms with E-state index in [0.29, 0.717) is 16.3 Å². The first-order valence-corrected chi connectivity index (χ1v) is 7.46. The fraction of sp³-hybridized carbons (Fsp3) is 0.250. The summed E-state index contributed by atoms with van der Waals surface area (Å²) in [6.45, 7) is 0.749. The van der Waals surface area contributed by atoms with Crippen molar-refractivity contribution in [3.8, 4) is 11.5 Å². The number of nitrogens with one attached hydrogen (secondary N) is 1. The van der Waals surface area contributed by atoms with E-state index in [-0.39, 0.29) is 11.6 Å². The highest BCUT2D eigenvalue weighted by Crippen LogP contribution is 2.29. The smallest absolute Gasteiger partial charge is 0.166 e. The molecule has 1 fully saturated rings. The summed E-state index contributed by atoms with van der Waals surface area (Å²) in [7, 11) is 0. The highest BCUT2D eigenvalue weighted by molar-refractivity contribution is 9.10. The van der Waals surface area contributed by atoms with Crippen molar-refractivity contribution in [3.05, 3.63) is 58.3 Å². The Kier molecular flexibility index (Phi) is 4.03. The van der Waals surface area contributed by atoms with Crippen LogP contribution in [-0.2, 0) is 6.54 Å². The maximum atomic E-state index is 13.8. The average Bonchev–Trinajstić information content (AvgIpc) is 3.25. The van der Waals surface area contributed by atoms with E-state index in [1.165, 1.54) is 18.9 Å². The van der Waals surface area contributed by atoms with E-state index in [1.54, 1.807) is 12.1 Å². The third-order valence-corrected chi connectivity index (χ3v) is 3.74. The van der Waals surface area contributed by atoms with Gasteiger partial charge in [0.1, 0.15) is 5.75 Å². The predicted molar refractivity (Wildman–Crippen MR) is 80.5 cm³/mol.